The largest absolute Gasteiger partial charge is 0.337 e. The lowest BCUT2D eigenvalue weighted by Crippen LogP contribution is -2.32. The van der Waals surface area contributed by atoms with Gasteiger partial charge in [-0.2, -0.15) is 0 Å². The van der Waals surface area contributed by atoms with Gasteiger partial charge in [0.2, 0.25) is 0 Å². The Morgan fingerprint density at radius 3 is 2.75 bits per heavy atom. The van der Waals surface area contributed by atoms with Gasteiger partial charge in [-0.1, -0.05) is 0 Å². The molecule has 6 nitrogen and oxygen atoms in total. The number of carbonyl (C=O) groups is 1. The Labute approximate surface area is 127 Å². The third kappa shape index (κ3) is 3.41. The molecule has 1 fully saturated rings. The maximum absolute atomic E-state index is 12.3. The third-order valence-electron chi connectivity index (χ3n) is 3.14. The first-order valence-corrected chi connectivity index (χ1v) is 7.12. The maximum Gasteiger partial charge on any atom is 0.282 e. The summed E-state index contributed by atoms with van der Waals surface area (Å²) >= 11 is 1.45. The number of nitrogens with zero attached hydrogens (tertiary/aromatic N) is 2. The number of amides is 1. The van der Waals surface area contributed by atoms with E-state index in [1.54, 1.807) is 17.0 Å². The molecule has 0 aliphatic carbocycles. The molecule has 2 N–H and O–H groups in total. The highest BCUT2D eigenvalue weighted by Crippen LogP contribution is 2.26. The highest BCUT2D eigenvalue weighted by Gasteiger charge is 2.29. The van der Waals surface area contributed by atoms with Crippen LogP contribution >= 0.6 is 24.2 Å². The highest BCUT2D eigenvalue weighted by molar-refractivity contribution is 7.98. The number of nitro benzene ring substituents is 1. The fraction of sp³-hybridized carbons (Fsp3) is 0.417. The van der Waals surface area contributed by atoms with E-state index in [2.05, 4.69) is 0 Å². The van der Waals surface area contributed by atoms with E-state index in [1.807, 2.05) is 6.26 Å². The van der Waals surface area contributed by atoms with Crippen molar-refractivity contribution >= 4 is 35.8 Å². The Morgan fingerprint density at radius 1 is 1.55 bits per heavy atom. The topological polar surface area (TPSA) is 89.5 Å². The molecule has 8 heteroatoms. The van der Waals surface area contributed by atoms with Gasteiger partial charge in [0.25, 0.3) is 11.6 Å². The molecule has 2 rings (SSSR count). The fourth-order valence-electron chi connectivity index (χ4n) is 2.11. The van der Waals surface area contributed by atoms with Crippen molar-refractivity contribution in [1.82, 2.24) is 4.90 Å². The van der Waals surface area contributed by atoms with E-state index in [0.29, 0.717) is 13.1 Å². The molecule has 0 spiro atoms. The maximum atomic E-state index is 12.3. The molecule has 110 valence electrons. The number of hydrogen-bond acceptors (Lipinski definition) is 5. The average molecular weight is 318 g/mol. The number of rotatable bonds is 3. The summed E-state index contributed by atoms with van der Waals surface area (Å²) in [6, 6.07) is 4.58. The van der Waals surface area contributed by atoms with Gasteiger partial charge in [0.1, 0.15) is 5.56 Å². The predicted molar refractivity (Wildman–Crippen MR) is 80.6 cm³/mol. The van der Waals surface area contributed by atoms with Crippen molar-refractivity contribution in [1.29, 1.82) is 0 Å². The second kappa shape index (κ2) is 6.92. The van der Waals surface area contributed by atoms with Crippen LogP contribution in [0, 0.1) is 10.1 Å². The Bertz CT molecular complexity index is 527. The molecule has 20 heavy (non-hydrogen) atoms. The van der Waals surface area contributed by atoms with Gasteiger partial charge in [-0.25, -0.2) is 0 Å². The minimum atomic E-state index is -0.520. The van der Waals surface area contributed by atoms with E-state index in [0.717, 1.165) is 11.3 Å². The van der Waals surface area contributed by atoms with Gasteiger partial charge in [0.15, 0.2) is 0 Å². The van der Waals surface area contributed by atoms with Crippen LogP contribution in [0.1, 0.15) is 16.8 Å². The number of halogens is 1. The first kappa shape index (κ1) is 16.7. The quantitative estimate of drug-likeness (QED) is 0.522. The van der Waals surface area contributed by atoms with Crippen molar-refractivity contribution in [2.75, 3.05) is 19.3 Å². The van der Waals surface area contributed by atoms with E-state index < -0.39 is 4.92 Å². The van der Waals surface area contributed by atoms with Gasteiger partial charge in [-0.15, -0.1) is 24.2 Å². The molecule has 1 amide bonds. The SMILES string of the molecule is CSc1ccc([N+](=O)[O-])c(C(=O)N2CC[C@@H](N)C2)c1.Cl. The molecule has 1 heterocycles. The summed E-state index contributed by atoms with van der Waals surface area (Å²) in [5, 5.41) is 11.0. The molecule has 0 radical (unpaired) electrons. The molecule has 1 aliphatic heterocycles. The molecule has 1 atom stereocenters. The van der Waals surface area contributed by atoms with E-state index in [4.69, 9.17) is 5.73 Å². The summed E-state index contributed by atoms with van der Waals surface area (Å²) in [5.74, 6) is -0.310. The number of likely N-dealkylation sites (tertiary alicyclic amines) is 1. The normalized spacial score (nSPS) is 17.7. The molecule has 0 unspecified atom stereocenters. The summed E-state index contributed by atoms with van der Waals surface area (Å²) in [7, 11) is 0. The molecule has 1 aromatic carbocycles. The first-order valence-electron chi connectivity index (χ1n) is 5.90. The molecule has 1 aromatic rings. The Hall–Kier alpha value is -1.31. The van der Waals surface area contributed by atoms with Crippen LogP contribution in [0.15, 0.2) is 23.1 Å². The molecule has 1 aliphatic rings. The Morgan fingerprint density at radius 2 is 2.25 bits per heavy atom. The zero-order chi connectivity index (χ0) is 14.0. The number of nitrogens with two attached hydrogens (primary N) is 1. The van der Waals surface area contributed by atoms with Crippen LogP contribution in [-0.2, 0) is 0 Å². The van der Waals surface area contributed by atoms with Gasteiger partial charge in [0.05, 0.1) is 4.92 Å². The molecular weight excluding hydrogens is 302 g/mol. The number of thioether (sulfide) groups is 1. The number of carbonyl (C=O) groups excluding carboxylic acids is 1. The Kier molecular flexibility index (Phi) is 5.79. The van der Waals surface area contributed by atoms with E-state index in [-0.39, 0.29) is 35.6 Å². The number of benzene rings is 1. The van der Waals surface area contributed by atoms with Crippen LogP contribution in [0.25, 0.3) is 0 Å². The second-order valence-corrected chi connectivity index (χ2v) is 5.32. The van der Waals surface area contributed by atoms with Crippen molar-refractivity contribution in [3.63, 3.8) is 0 Å². The van der Waals surface area contributed by atoms with E-state index in [1.165, 1.54) is 17.8 Å². The van der Waals surface area contributed by atoms with Gasteiger partial charge in [-0.3, -0.25) is 14.9 Å². The minimum absolute atomic E-state index is 0. The predicted octanol–water partition coefficient (Wildman–Crippen LogP) is 1.91. The minimum Gasteiger partial charge on any atom is -0.337 e. The Balaban J connectivity index is 0.00000200. The zero-order valence-corrected chi connectivity index (χ0v) is 12.6. The molecule has 0 saturated carbocycles. The van der Waals surface area contributed by atoms with Gasteiger partial charge in [-0.05, 0) is 24.8 Å². The van der Waals surface area contributed by atoms with Gasteiger partial charge >= 0.3 is 0 Å². The third-order valence-corrected chi connectivity index (χ3v) is 3.87. The lowest BCUT2D eigenvalue weighted by atomic mass is 10.1. The van der Waals surface area contributed by atoms with Crippen molar-refractivity contribution in [2.45, 2.75) is 17.4 Å². The van der Waals surface area contributed by atoms with Crippen molar-refractivity contribution < 1.29 is 9.72 Å². The van der Waals surface area contributed by atoms with Gasteiger partial charge < -0.3 is 10.6 Å². The van der Waals surface area contributed by atoms with Crippen LogP contribution in [0.4, 0.5) is 5.69 Å². The molecule has 1 saturated heterocycles. The highest BCUT2D eigenvalue weighted by atomic mass is 35.5. The monoisotopic (exact) mass is 317 g/mol. The average Bonchev–Trinajstić information content (AvgIpc) is 2.83. The fourth-order valence-corrected chi connectivity index (χ4v) is 2.55. The smallest absolute Gasteiger partial charge is 0.282 e. The van der Waals surface area contributed by atoms with Crippen LogP contribution in [0.2, 0.25) is 0 Å². The summed E-state index contributed by atoms with van der Waals surface area (Å²) in [4.78, 5) is 25.2. The summed E-state index contributed by atoms with van der Waals surface area (Å²) in [6.07, 6.45) is 2.60. The summed E-state index contributed by atoms with van der Waals surface area (Å²) in [6.45, 7) is 1.01. The lowest BCUT2D eigenvalue weighted by molar-refractivity contribution is -0.385. The second-order valence-electron chi connectivity index (χ2n) is 4.44. The van der Waals surface area contributed by atoms with Crippen LogP contribution < -0.4 is 5.73 Å². The van der Waals surface area contributed by atoms with E-state index in [9.17, 15) is 14.9 Å². The van der Waals surface area contributed by atoms with Crippen molar-refractivity contribution in [3.8, 4) is 0 Å². The standard InChI is InChI=1S/C12H15N3O3S.ClH/c1-19-9-2-3-11(15(17)18)10(6-9)12(16)14-5-4-8(13)7-14;/h2-3,6,8H,4-5,7,13H2,1H3;1H/t8-;/m1./s1. The number of nitro groups is 1. The summed E-state index contributed by atoms with van der Waals surface area (Å²) in [5.41, 5.74) is 5.76. The molecule has 0 bridgehead atoms. The molecule has 0 aromatic heterocycles. The van der Waals surface area contributed by atoms with Crippen LogP contribution in [0.5, 0.6) is 0 Å². The molecular formula is C12H16ClN3O3S. The van der Waals surface area contributed by atoms with Crippen LogP contribution in [0.3, 0.4) is 0 Å². The zero-order valence-electron chi connectivity index (χ0n) is 10.9. The summed E-state index contributed by atoms with van der Waals surface area (Å²) < 4.78 is 0. The van der Waals surface area contributed by atoms with E-state index >= 15 is 0 Å². The lowest BCUT2D eigenvalue weighted by Gasteiger charge is -2.16. The van der Waals surface area contributed by atoms with Gasteiger partial charge in [0, 0.05) is 30.1 Å². The van der Waals surface area contributed by atoms with Crippen molar-refractivity contribution in [2.24, 2.45) is 5.73 Å². The number of hydrogen-bond donors (Lipinski definition) is 1. The first-order chi connectivity index (χ1) is 9.02. The van der Waals surface area contributed by atoms with Crippen molar-refractivity contribution in [3.05, 3.63) is 33.9 Å². The van der Waals surface area contributed by atoms with Crippen LogP contribution in [-0.4, -0.2) is 41.1 Å².